The van der Waals surface area contributed by atoms with E-state index in [0.717, 1.165) is 13.1 Å². The highest BCUT2D eigenvalue weighted by molar-refractivity contribution is 5.91. The van der Waals surface area contributed by atoms with Crippen LogP contribution in [0.3, 0.4) is 0 Å². The number of benzene rings is 1. The number of nitrogens with one attached hydrogen (secondary N) is 1. The highest BCUT2D eigenvalue weighted by atomic mass is 16.5. The number of para-hydroxylation sites is 1. The van der Waals surface area contributed by atoms with Gasteiger partial charge in [-0.05, 0) is 19.1 Å². The molecule has 0 unspecified atom stereocenters. The van der Waals surface area contributed by atoms with Crippen LogP contribution < -0.4 is 10.2 Å². The Kier molecular flexibility index (Phi) is 6.29. The Morgan fingerprint density at radius 1 is 1.13 bits per heavy atom. The van der Waals surface area contributed by atoms with Crippen molar-refractivity contribution in [3.8, 4) is 0 Å². The molecule has 0 aliphatic carbocycles. The lowest BCUT2D eigenvalue weighted by molar-refractivity contribution is -0.150. The number of carbonyl (C=O) groups excluding carboxylic acids is 2. The zero-order valence-corrected chi connectivity index (χ0v) is 17.1. The zero-order chi connectivity index (χ0) is 20.9. The van der Waals surface area contributed by atoms with Crippen LogP contribution in [0.15, 0.2) is 40.9 Å². The van der Waals surface area contributed by atoms with Gasteiger partial charge in [-0.25, -0.2) is 0 Å². The van der Waals surface area contributed by atoms with Crippen LogP contribution >= 0.6 is 0 Å². The molecule has 160 valence electrons. The first-order chi connectivity index (χ1) is 14.6. The minimum absolute atomic E-state index is 0.0000501. The van der Waals surface area contributed by atoms with Crippen molar-refractivity contribution < 1.29 is 18.8 Å². The summed E-state index contributed by atoms with van der Waals surface area (Å²) >= 11 is 0. The number of rotatable bonds is 5. The van der Waals surface area contributed by atoms with E-state index in [9.17, 15) is 9.59 Å². The number of anilines is 2. The van der Waals surface area contributed by atoms with Gasteiger partial charge in [-0.1, -0.05) is 23.4 Å². The van der Waals surface area contributed by atoms with Crippen molar-refractivity contribution in [3.63, 3.8) is 0 Å². The molecule has 1 N–H and O–H groups in total. The molecular weight excluding hydrogens is 386 g/mol. The van der Waals surface area contributed by atoms with Crippen LogP contribution in [-0.2, 0) is 14.3 Å². The molecule has 2 aliphatic rings. The number of amides is 2. The molecule has 2 aliphatic heterocycles. The van der Waals surface area contributed by atoms with Gasteiger partial charge in [0.2, 0.25) is 5.91 Å². The number of nitrogens with zero attached hydrogens (tertiary/aromatic N) is 4. The molecule has 1 aromatic heterocycles. The maximum absolute atomic E-state index is 13.0. The third kappa shape index (κ3) is 4.98. The third-order valence-electron chi connectivity index (χ3n) is 5.40. The van der Waals surface area contributed by atoms with E-state index >= 15 is 0 Å². The van der Waals surface area contributed by atoms with Crippen LogP contribution in [0.5, 0.6) is 0 Å². The van der Waals surface area contributed by atoms with E-state index in [1.807, 2.05) is 28.0 Å². The van der Waals surface area contributed by atoms with Crippen LogP contribution in [0.25, 0.3) is 0 Å². The summed E-state index contributed by atoms with van der Waals surface area (Å²) in [5, 5.41) is 6.48. The van der Waals surface area contributed by atoms with Crippen molar-refractivity contribution in [2.45, 2.75) is 13.0 Å². The Morgan fingerprint density at radius 2 is 1.90 bits per heavy atom. The fourth-order valence-electron chi connectivity index (χ4n) is 3.83. The smallest absolute Gasteiger partial charge is 0.253 e. The first-order valence-electron chi connectivity index (χ1n) is 10.2. The van der Waals surface area contributed by atoms with Crippen LogP contribution in [0, 0.1) is 6.92 Å². The Labute approximate surface area is 175 Å². The van der Waals surface area contributed by atoms with Gasteiger partial charge in [0.1, 0.15) is 11.9 Å². The summed E-state index contributed by atoms with van der Waals surface area (Å²) in [4.78, 5) is 31.3. The first kappa shape index (κ1) is 20.4. The topological polar surface area (TPSA) is 91.2 Å². The van der Waals surface area contributed by atoms with E-state index in [1.54, 1.807) is 13.0 Å². The molecule has 2 amide bonds. The van der Waals surface area contributed by atoms with Gasteiger partial charge in [0.05, 0.1) is 13.2 Å². The number of piperazine rings is 1. The lowest BCUT2D eigenvalue weighted by atomic mass is 10.2. The second kappa shape index (κ2) is 9.27. The summed E-state index contributed by atoms with van der Waals surface area (Å²) in [5.41, 5.74) is 1.18. The lowest BCUT2D eigenvalue weighted by Gasteiger charge is -2.39. The van der Waals surface area contributed by atoms with Crippen molar-refractivity contribution in [2.75, 3.05) is 62.6 Å². The van der Waals surface area contributed by atoms with Crippen molar-refractivity contribution in [1.29, 1.82) is 0 Å². The maximum atomic E-state index is 13.0. The Balaban J connectivity index is 1.26. The number of ether oxygens (including phenoxy) is 1. The number of carbonyl (C=O) groups is 2. The van der Waals surface area contributed by atoms with E-state index in [-0.39, 0.29) is 18.4 Å². The summed E-state index contributed by atoms with van der Waals surface area (Å²) in [6.07, 6.45) is -0.538. The van der Waals surface area contributed by atoms with Gasteiger partial charge in [0.15, 0.2) is 5.82 Å². The highest BCUT2D eigenvalue weighted by Gasteiger charge is 2.32. The van der Waals surface area contributed by atoms with Crippen molar-refractivity contribution in [3.05, 3.63) is 42.2 Å². The third-order valence-corrected chi connectivity index (χ3v) is 5.40. The molecular formula is C21H27N5O4. The molecule has 30 heavy (non-hydrogen) atoms. The standard InChI is InChI=1S/C21H27N5O4/c1-16-13-19(23-30-16)22-20(27)15-24-11-12-29-18(14-24)21(28)26-9-7-25(8-10-26)17-5-3-2-4-6-17/h2-6,13,18H,7-12,14-15H2,1H3,(H,22,23,27)/t18-/m1/s1. The fourth-order valence-corrected chi connectivity index (χ4v) is 3.83. The van der Waals surface area contributed by atoms with E-state index < -0.39 is 6.10 Å². The Morgan fingerprint density at radius 3 is 2.60 bits per heavy atom. The van der Waals surface area contributed by atoms with Crippen LogP contribution in [-0.4, -0.2) is 85.3 Å². The molecule has 2 saturated heterocycles. The molecule has 0 saturated carbocycles. The SMILES string of the molecule is Cc1cc(NC(=O)CN2CCO[C@@H](C(=O)N3CCN(c4ccccc4)CC3)C2)no1. The van der Waals surface area contributed by atoms with Gasteiger partial charge < -0.3 is 24.4 Å². The average molecular weight is 413 g/mol. The molecule has 1 aromatic carbocycles. The largest absolute Gasteiger partial charge is 0.368 e. The predicted molar refractivity (Wildman–Crippen MR) is 111 cm³/mol. The molecule has 2 aromatic rings. The number of morpholine rings is 1. The monoisotopic (exact) mass is 413 g/mol. The maximum Gasteiger partial charge on any atom is 0.253 e. The second-order valence-corrected chi connectivity index (χ2v) is 7.61. The van der Waals surface area contributed by atoms with E-state index in [0.29, 0.717) is 44.4 Å². The summed E-state index contributed by atoms with van der Waals surface area (Å²) in [6.45, 7) is 6.31. The number of aryl methyl sites for hydroxylation is 1. The molecule has 2 fully saturated rings. The van der Waals surface area contributed by atoms with E-state index in [4.69, 9.17) is 9.26 Å². The quantitative estimate of drug-likeness (QED) is 0.781. The predicted octanol–water partition coefficient (Wildman–Crippen LogP) is 0.971. The molecule has 4 rings (SSSR count). The van der Waals surface area contributed by atoms with Gasteiger partial charge in [-0.2, -0.15) is 0 Å². The summed E-state index contributed by atoms with van der Waals surface area (Å²) in [7, 11) is 0. The number of aromatic nitrogens is 1. The van der Waals surface area contributed by atoms with Crippen LogP contribution in [0.2, 0.25) is 0 Å². The average Bonchev–Trinajstić information content (AvgIpc) is 3.18. The van der Waals surface area contributed by atoms with Gasteiger partial charge in [0, 0.05) is 51.0 Å². The number of hydrogen-bond donors (Lipinski definition) is 1. The van der Waals surface area contributed by atoms with E-state index in [1.165, 1.54) is 5.69 Å². The van der Waals surface area contributed by atoms with Crippen LogP contribution in [0.4, 0.5) is 11.5 Å². The molecule has 9 nitrogen and oxygen atoms in total. The van der Waals surface area contributed by atoms with Crippen molar-refractivity contribution in [2.24, 2.45) is 0 Å². The highest BCUT2D eigenvalue weighted by Crippen LogP contribution is 2.17. The van der Waals surface area contributed by atoms with Crippen molar-refractivity contribution >= 4 is 23.3 Å². The normalized spacial score (nSPS) is 20.2. The molecule has 0 bridgehead atoms. The van der Waals surface area contributed by atoms with Gasteiger partial charge in [-0.3, -0.25) is 14.5 Å². The minimum atomic E-state index is -0.538. The first-order valence-corrected chi connectivity index (χ1v) is 10.2. The fraction of sp³-hybridized carbons (Fsp3) is 0.476. The Hall–Kier alpha value is -2.91. The summed E-state index contributed by atoms with van der Waals surface area (Å²) < 4.78 is 10.7. The molecule has 1 atom stereocenters. The number of hydrogen-bond acceptors (Lipinski definition) is 7. The minimum Gasteiger partial charge on any atom is -0.368 e. The van der Waals surface area contributed by atoms with Crippen LogP contribution in [0.1, 0.15) is 5.76 Å². The zero-order valence-electron chi connectivity index (χ0n) is 17.1. The van der Waals surface area contributed by atoms with Gasteiger partial charge in [-0.15, -0.1) is 0 Å². The summed E-state index contributed by atoms with van der Waals surface area (Å²) in [5.74, 6) is 0.845. The van der Waals surface area contributed by atoms with Gasteiger partial charge >= 0.3 is 0 Å². The lowest BCUT2D eigenvalue weighted by Crippen LogP contribution is -2.56. The molecule has 9 heteroatoms. The molecule has 0 spiro atoms. The van der Waals surface area contributed by atoms with Gasteiger partial charge in [0.25, 0.3) is 5.91 Å². The molecule has 0 radical (unpaired) electrons. The second-order valence-electron chi connectivity index (χ2n) is 7.61. The summed E-state index contributed by atoms with van der Waals surface area (Å²) in [6, 6.07) is 11.9. The van der Waals surface area contributed by atoms with Crippen molar-refractivity contribution in [1.82, 2.24) is 15.0 Å². The Bertz CT molecular complexity index is 863. The molecule has 3 heterocycles. The van der Waals surface area contributed by atoms with E-state index in [2.05, 4.69) is 27.5 Å².